The van der Waals surface area contributed by atoms with Gasteiger partial charge in [0.1, 0.15) is 17.9 Å². The number of esters is 1. The smallest absolute Gasteiger partial charge is 0.467 e. The molecule has 39 heavy (non-hydrogen) atoms. The van der Waals surface area contributed by atoms with Gasteiger partial charge in [-0.25, -0.2) is 19.6 Å². The standard InChI is InChI=1S/C26H26F3N5O5/c1-37-16-38-18-12-17-4-2-3-5-19(17)22(13-18)34-7-6-20-21(14-34)30-15-31-23(20)32-8-10-33(11-9-32)25(36)39-24(35)26(27,28)29/h2-5,12-13,15H,6-11,14,16H2,1H3. The molecule has 3 heterocycles. The number of ether oxygens (including phenoxy) is 3. The second-order valence-corrected chi connectivity index (χ2v) is 9.14. The third-order valence-corrected chi connectivity index (χ3v) is 6.73. The molecule has 1 aromatic heterocycles. The van der Waals surface area contributed by atoms with E-state index in [-0.39, 0.29) is 19.9 Å². The number of hydrogen-bond acceptors (Lipinski definition) is 9. The number of carbonyl (C=O) groups is 2. The lowest BCUT2D eigenvalue weighted by molar-refractivity contribution is -0.193. The molecule has 5 rings (SSSR count). The summed E-state index contributed by atoms with van der Waals surface area (Å²) < 4.78 is 52.0. The van der Waals surface area contributed by atoms with Crippen molar-refractivity contribution in [2.24, 2.45) is 0 Å². The molecule has 1 fully saturated rings. The highest BCUT2D eigenvalue weighted by Gasteiger charge is 2.43. The molecule has 0 spiro atoms. The average Bonchev–Trinajstić information content (AvgIpc) is 2.94. The van der Waals surface area contributed by atoms with Gasteiger partial charge in [-0.3, -0.25) is 0 Å². The molecule has 2 aliphatic heterocycles. The highest BCUT2D eigenvalue weighted by Crippen LogP contribution is 2.36. The SMILES string of the molecule is COCOc1cc(N2CCc3c(ncnc3N3CCN(C(=O)OC(=O)C(F)(F)F)CC3)C2)c2ccccc2c1. The van der Waals surface area contributed by atoms with Crippen molar-refractivity contribution in [3.63, 3.8) is 0 Å². The highest BCUT2D eigenvalue weighted by molar-refractivity contribution is 5.96. The van der Waals surface area contributed by atoms with Crippen LogP contribution in [0.4, 0.5) is 29.5 Å². The van der Waals surface area contributed by atoms with Crippen molar-refractivity contribution < 1.29 is 37.0 Å². The largest absolute Gasteiger partial charge is 0.491 e. The zero-order valence-electron chi connectivity index (χ0n) is 21.1. The molecule has 0 unspecified atom stereocenters. The van der Waals surface area contributed by atoms with Gasteiger partial charge in [-0.1, -0.05) is 24.3 Å². The van der Waals surface area contributed by atoms with Crippen LogP contribution in [0.25, 0.3) is 10.8 Å². The Morgan fingerprint density at radius 2 is 1.77 bits per heavy atom. The lowest BCUT2D eigenvalue weighted by Crippen LogP contribution is -2.50. The molecule has 1 saturated heterocycles. The number of methoxy groups -OCH3 is 1. The Kier molecular flexibility index (Phi) is 7.42. The molecule has 206 valence electrons. The summed E-state index contributed by atoms with van der Waals surface area (Å²) >= 11 is 0. The van der Waals surface area contributed by atoms with Crippen molar-refractivity contribution in [2.45, 2.75) is 19.1 Å². The van der Waals surface area contributed by atoms with Gasteiger partial charge in [-0.15, -0.1) is 0 Å². The molecule has 2 aromatic carbocycles. The summed E-state index contributed by atoms with van der Waals surface area (Å²) in [4.78, 5) is 37.3. The maximum Gasteiger partial charge on any atom is 0.491 e. The third-order valence-electron chi connectivity index (χ3n) is 6.73. The quantitative estimate of drug-likeness (QED) is 0.271. The molecule has 13 heteroatoms. The molecular weight excluding hydrogens is 519 g/mol. The van der Waals surface area contributed by atoms with Crippen LogP contribution in [-0.2, 0) is 27.2 Å². The number of aromatic nitrogens is 2. The zero-order chi connectivity index (χ0) is 27.6. The fourth-order valence-corrected chi connectivity index (χ4v) is 4.85. The Labute approximate surface area is 221 Å². The molecular formula is C26H26F3N5O5. The van der Waals surface area contributed by atoms with Crippen molar-refractivity contribution in [1.82, 2.24) is 14.9 Å². The molecule has 3 aromatic rings. The first-order valence-corrected chi connectivity index (χ1v) is 12.3. The Hall–Kier alpha value is -4.13. The minimum atomic E-state index is -5.23. The van der Waals surface area contributed by atoms with E-state index in [1.807, 2.05) is 35.2 Å². The summed E-state index contributed by atoms with van der Waals surface area (Å²) in [6.45, 7) is 2.23. The van der Waals surface area contributed by atoms with E-state index in [2.05, 4.69) is 25.7 Å². The number of nitrogens with zero attached hydrogens (tertiary/aromatic N) is 5. The van der Waals surface area contributed by atoms with E-state index in [0.29, 0.717) is 38.3 Å². The fourth-order valence-electron chi connectivity index (χ4n) is 4.85. The minimum absolute atomic E-state index is 0.0924. The summed E-state index contributed by atoms with van der Waals surface area (Å²) in [6.07, 6.45) is -4.36. The number of halogens is 3. The molecule has 0 N–H and O–H groups in total. The third kappa shape index (κ3) is 5.67. The number of hydrogen-bond donors (Lipinski definition) is 0. The topological polar surface area (TPSA) is 97.3 Å². The van der Waals surface area contributed by atoms with E-state index in [9.17, 15) is 22.8 Å². The first-order chi connectivity index (χ1) is 18.7. The molecule has 0 bridgehead atoms. The predicted molar refractivity (Wildman–Crippen MR) is 135 cm³/mol. The van der Waals surface area contributed by atoms with E-state index in [1.165, 1.54) is 6.33 Å². The van der Waals surface area contributed by atoms with Crippen LogP contribution >= 0.6 is 0 Å². The lowest BCUT2D eigenvalue weighted by Gasteiger charge is -2.37. The Bertz CT molecular complexity index is 1380. The highest BCUT2D eigenvalue weighted by atomic mass is 19.4. The minimum Gasteiger partial charge on any atom is -0.467 e. The number of piperazine rings is 1. The van der Waals surface area contributed by atoms with E-state index in [4.69, 9.17) is 9.47 Å². The number of carbonyl (C=O) groups excluding carboxylic acids is 2. The van der Waals surface area contributed by atoms with E-state index in [1.54, 1.807) is 7.11 Å². The summed E-state index contributed by atoms with van der Waals surface area (Å²) in [6, 6.07) is 12.0. The normalized spacial score (nSPS) is 15.7. The molecule has 0 atom stereocenters. The van der Waals surface area contributed by atoms with Crippen LogP contribution < -0.4 is 14.5 Å². The number of rotatable bonds is 5. The van der Waals surface area contributed by atoms with Gasteiger partial charge in [0.25, 0.3) is 0 Å². The van der Waals surface area contributed by atoms with Gasteiger partial charge in [0, 0.05) is 62.5 Å². The summed E-state index contributed by atoms with van der Waals surface area (Å²) in [5.41, 5.74) is 2.88. The molecule has 1 amide bonds. The van der Waals surface area contributed by atoms with Crippen LogP contribution in [0.5, 0.6) is 5.75 Å². The number of alkyl halides is 3. The Balaban J connectivity index is 1.31. The van der Waals surface area contributed by atoms with Crippen LogP contribution in [0.15, 0.2) is 42.7 Å². The predicted octanol–water partition coefficient (Wildman–Crippen LogP) is 3.52. The van der Waals surface area contributed by atoms with Gasteiger partial charge in [0.15, 0.2) is 6.79 Å². The summed E-state index contributed by atoms with van der Waals surface area (Å²) in [7, 11) is 1.57. The van der Waals surface area contributed by atoms with Crippen molar-refractivity contribution in [1.29, 1.82) is 0 Å². The van der Waals surface area contributed by atoms with Crippen LogP contribution in [-0.4, -0.2) is 79.7 Å². The molecule has 10 nitrogen and oxygen atoms in total. The van der Waals surface area contributed by atoms with E-state index >= 15 is 0 Å². The molecule has 0 saturated carbocycles. The van der Waals surface area contributed by atoms with Gasteiger partial charge < -0.3 is 28.9 Å². The maximum atomic E-state index is 12.4. The van der Waals surface area contributed by atoms with Crippen molar-refractivity contribution in [3.05, 3.63) is 54.0 Å². The monoisotopic (exact) mass is 545 g/mol. The van der Waals surface area contributed by atoms with E-state index < -0.39 is 18.2 Å². The lowest BCUT2D eigenvalue weighted by atomic mass is 10.0. The first kappa shape index (κ1) is 26.5. The fraction of sp³-hybridized carbons (Fsp3) is 0.385. The zero-order valence-corrected chi connectivity index (χ0v) is 21.1. The van der Waals surface area contributed by atoms with Crippen molar-refractivity contribution in [3.8, 4) is 5.75 Å². The Morgan fingerprint density at radius 1 is 1.00 bits per heavy atom. The second kappa shape index (κ2) is 10.9. The van der Waals surface area contributed by atoms with Crippen molar-refractivity contribution in [2.75, 3.05) is 56.4 Å². The molecule has 2 aliphatic rings. The molecule has 0 aliphatic carbocycles. The van der Waals surface area contributed by atoms with Gasteiger partial charge in [0.2, 0.25) is 0 Å². The second-order valence-electron chi connectivity index (χ2n) is 9.14. The van der Waals surface area contributed by atoms with E-state index in [0.717, 1.165) is 38.4 Å². The van der Waals surface area contributed by atoms with Crippen LogP contribution in [0.3, 0.4) is 0 Å². The van der Waals surface area contributed by atoms with Crippen LogP contribution in [0, 0.1) is 0 Å². The number of amides is 1. The number of anilines is 2. The van der Waals surface area contributed by atoms with Crippen LogP contribution in [0.2, 0.25) is 0 Å². The average molecular weight is 546 g/mol. The maximum absolute atomic E-state index is 12.4. The van der Waals surface area contributed by atoms with Gasteiger partial charge in [-0.2, -0.15) is 13.2 Å². The van der Waals surface area contributed by atoms with Crippen LogP contribution in [0.1, 0.15) is 11.3 Å². The summed E-state index contributed by atoms with van der Waals surface area (Å²) in [5, 5.41) is 2.13. The van der Waals surface area contributed by atoms with Gasteiger partial charge in [-0.05, 0) is 17.9 Å². The van der Waals surface area contributed by atoms with Crippen molar-refractivity contribution >= 4 is 34.3 Å². The van der Waals surface area contributed by atoms with Gasteiger partial charge in [0.05, 0.1) is 12.2 Å². The Morgan fingerprint density at radius 3 is 2.51 bits per heavy atom. The number of benzene rings is 2. The first-order valence-electron chi connectivity index (χ1n) is 12.3. The number of fused-ring (bicyclic) bond motifs is 2. The van der Waals surface area contributed by atoms with Gasteiger partial charge >= 0.3 is 18.2 Å². The molecule has 0 radical (unpaired) electrons. The summed E-state index contributed by atoms with van der Waals surface area (Å²) in [5.74, 6) is -1.08.